The normalized spacial score (nSPS) is 11.4. The highest BCUT2D eigenvalue weighted by Gasteiger charge is 2.38. The van der Waals surface area contributed by atoms with E-state index in [2.05, 4.69) is 20.9 Å². The van der Waals surface area contributed by atoms with Crippen LogP contribution in [0.15, 0.2) is 41.0 Å². The van der Waals surface area contributed by atoms with Crippen LogP contribution in [0, 0.1) is 6.92 Å². The second-order valence-corrected chi connectivity index (χ2v) is 5.04. The van der Waals surface area contributed by atoms with Gasteiger partial charge in [-0.3, -0.25) is 0 Å². The van der Waals surface area contributed by atoms with Crippen molar-refractivity contribution in [3.63, 3.8) is 0 Å². The Kier molecular flexibility index (Phi) is 4.32. The Morgan fingerprint density at radius 2 is 1.85 bits per heavy atom. The fourth-order valence-electron chi connectivity index (χ4n) is 1.73. The fourth-order valence-corrected chi connectivity index (χ4v) is 2.03. The Balaban J connectivity index is 2.30. The molecule has 2 aromatic rings. The van der Waals surface area contributed by atoms with Gasteiger partial charge < -0.3 is 4.74 Å². The largest absolute Gasteiger partial charge is 0.472 e. The first-order valence-electron chi connectivity index (χ1n) is 5.78. The van der Waals surface area contributed by atoms with Gasteiger partial charge in [-0.25, -0.2) is 4.98 Å². The third kappa shape index (κ3) is 3.30. The summed E-state index contributed by atoms with van der Waals surface area (Å²) in [6, 6.07) is 8.97. The maximum Gasteiger partial charge on any atom is 0.421 e. The van der Waals surface area contributed by atoms with Crippen molar-refractivity contribution in [3.05, 3.63) is 57.7 Å². The van der Waals surface area contributed by atoms with E-state index in [-0.39, 0.29) is 12.2 Å². The van der Waals surface area contributed by atoms with E-state index in [1.54, 1.807) is 24.3 Å². The number of aromatic nitrogens is 1. The van der Waals surface area contributed by atoms with Gasteiger partial charge in [0.1, 0.15) is 12.2 Å². The summed E-state index contributed by atoms with van der Waals surface area (Å²) in [5.74, 6) is -0.401. The summed E-state index contributed by atoms with van der Waals surface area (Å²) in [5.41, 5.74) is 0.00126. The van der Waals surface area contributed by atoms with E-state index in [9.17, 15) is 13.2 Å². The van der Waals surface area contributed by atoms with E-state index < -0.39 is 17.6 Å². The Hall–Kier alpha value is -1.56. The van der Waals surface area contributed by atoms with Gasteiger partial charge in [-0.05, 0) is 34.0 Å². The van der Waals surface area contributed by atoms with Crippen LogP contribution in [0.5, 0.6) is 5.88 Å². The van der Waals surface area contributed by atoms with Gasteiger partial charge in [0, 0.05) is 10.7 Å². The lowest BCUT2D eigenvalue weighted by Gasteiger charge is -2.16. The van der Waals surface area contributed by atoms with Gasteiger partial charge in [-0.2, -0.15) is 13.2 Å². The smallest absolute Gasteiger partial charge is 0.421 e. The molecule has 0 amide bonds. The van der Waals surface area contributed by atoms with Crippen molar-refractivity contribution in [2.45, 2.75) is 19.7 Å². The first kappa shape index (κ1) is 14.8. The van der Waals surface area contributed by atoms with E-state index in [0.29, 0.717) is 4.47 Å². The summed E-state index contributed by atoms with van der Waals surface area (Å²) in [6.45, 7) is 1.42. The molecule has 1 heterocycles. The van der Waals surface area contributed by atoms with Gasteiger partial charge in [0.2, 0.25) is 5.88 Å². The number of alkyl halides is 3. The number of benzene rings is 1. The number of nitrogens with zero attached hydrogens (tertiary/aromatic N) is 1. The fraction of sp³-hybridized carbons (Fsp3) is 0.214. The minimum atomic E-state index is -4.51. The predicted octanol–water partition coefficient (Wildman–Crippen LogP) is 4.75. The molecule has 0 saturated carbocycles. The summed E-state index contributed by atoms with van der Waals surface area (Å²) >= 11 is 3.05. The molecule has 0 saturated heterocycles. The molecule has 0 unspecified atom stereocenters. The van der Waals surface area contributed by atoms with E-state index >= 15 is 0 Å². The summed E-state index contributed by atoms with van der Waals surface area (Å²) < 4.78 is 44.8. The van der Waals surface area contributed by atoms with Crippen LogP contribution in [0.25, 0.3) is 0 Å². The number of pyridine rings is 1. The molecule has 2 rings (SSSR count). The van der Waals surface area contributed by atoms with Crippen molar-refractivity contribution < 1.29 is 17.9 Å². The average Bonchev–Trinajstić information content (AvgIpc) is 2.40. The van der Waals surface area contributed by atoms with E-state index in [1.165, 1.54) is 13.1 Å². The molecule has 2 nitrogen and oxygen atoms in total. The minimum Gasteiger partial charge on any atom is -0.472 e. The Morgan fingerprint density at radius 3 is 2.45 bits per heavy atom. The Bertz CT molecular complexity index is 599. The summed E-state index contributed by atoms with van der Waals surface area (Å²) in [5, 5.41) is 0. The van der Waals surface area contributed by atoms with Crippen LogP contribution in [0.2, 0.25) is 0 Å². The molecule has 1 aromatic heterocycles. The molecule has 0 fully saturated rings. The van der Waals surface area contributed by atoms with Crippen LogP contribution < -0.4 is 4.74 Å². The predicted molar refractivity (Wildman–Crippen MR) is 72.5 cm³/mol. The van der Waals surface area contributed by atoms with Crippen molar-refractivity contribution in [1.29, 1.82) is 0 Å². The second-order valence-electron chi connectivity index (χ2n) is 4.18. The van der Waals surface area contributed by atoms with Gasteiger partial charge in [0.25, 0.3) is 0 Å². The third-order valence-electron chi connectivity index (χ3n) is 2.74. The van der Waals surface area contributed by atoms with Crippen LogP contribution >= 0.6 is 15.9 Å². The number of rotatable bonds is 3. The van der Waals surface area contributed by atoms with Gasteiger partial charge in [0.05, 0.1) is 0 Å². The highest BCUT2D eigenvalue weighted by atomic mass is 79.9. The van der Waals surface area contributed by atoms with Gasteiger partial charge in [0.15, 0.2) is 0 Å². The van der Waals surface area contributed by atoms with Gasteiger partial charge >= 0.3 is 6.18 Å². The molecule has 0 aliphatic carbocycles. The van der Waals surface area contributed by atoms with E-state index in [4.69, 9.17) is 4.74 Å². The van der Waals surface area contributed by atoms with Crippen LogP contribution in [-0.4, -0.2) is 4.98 Å². The SMILES string of the molecule is Cc1c(Br)cnc(OCc2ccccc2)c1C(F)(F)F. The monoisotopic (exact) mass is 345 g/mol. The third-order valence-corrected chi connectivity index (χ3v) is 3.54. The first-order chi connectivity index (χ1) is 9.39. The molecule has 106 valence electrons. The quantitative estimate of drug-likeness (QED) is 0.800. The molecule has 6 heteroatoms. The number of hydrogen-bond acceptors (Lipinski definition) is 2. The minimum absolute atomic E-state index is 0.0397. The molecule has 0 bridgehead atoms. The highest BCUT2D eigenvalue weighted by Crippen LogP contribution is 2.39. The molecule has 0 N–H and O–H groups in total. The zero-order valence-electron chi connectivity index (χ0n) is 10.5. The molecule has 0 aliphatic heterocycles. The van der Waals surface area contributed by atoms with Crippen LogP contribution in [0.3, 0.4) is 0 Å². The lowest BCUT2D eigenvalue weighted by Crippen LogP contribution is -2.12. The zero-order valence-corrected chi connectivity index (χ0v) is 12.1. The molecular weight excluding hydrogens is 335 g/mol. The number of ether oxygens (including phenoxy) is 1. The standard InChI is InChI=1S/C14H11BrF3NO/c1-9-11(15)7-19-13(12(9)14(16,17)18)20-8-10-5-3-2-4-6-10/h2-7H,8H2,1H3. The lowest BCUT2D eigenvalue weighted by atomic mass is 10.1. The molecule has 0 atom stereocenters. The number of halogens is 4. The highest BCUT2D eigenvalue weighted by molar-refractivity contribution is 9.10. The molecular formula is C14H11BrF3NO. The molecule has 0 aliphatic rings. The second kappa shape index (κ2) is 5.83. The summed E-state index contributed by atoms with van der Waals surface area (Å²) in [6.07, 6.45) is -3.20. The van der Waals surface area contributed by atoms with Crippen molar-refractivity contribution in [2.24, 2.45) is 0 Å². The van der Waals surface area contributed by atoms with Gasteiger partial charge in [-0.15, -0.1) is 0 Å². The van der Waals surface area contributed by atoms with Crippen LogP contribution in [0.4, 0.5) is 13.2 Å². The molecule has 1 aromatic carbocycles. The molecule has 0 radical (unpaired) electrons. The first-order valence-corrected chi connectivity index (χ1v) is 6.58. The van der Waals surface area contributed by atoms with Crippen molar-refractivity contribution in [2.75, 3.05) is 0 Å². The Morgan fingerprint density at radius 1 is 1.20 bits per heavy atom. The number of hydrogen-bond donors (Lipinski definition) is 0. The average molecular weight is 346 g/mol. The van der Waals surface area contributed by atoms with Gasteiger partial charge in [-0.1, -0.05) is 30.3 Å². The Labute approximate surface area is 122 Å². The summed E-state index contributed by atoms with van der Waals surface area (Å²) in [7, 11) is 0. The van der Waals surface area contributed by atoms with Crippen LogP contribution in [-0.2, 0) is 12.8 Å². The lowest BCUT2D eigenvalue weighted by molar-refractivity contribution is -0.139. The zero-order chi connectivity index (χ0) is 14.8. The summed E-state index contributed by atoms with van der Waals surface area (Å²) in [4.78, 5) is 3.73. The van der Waals surface area contributed by atoms with E-state index in [0.717, 1.165) is 5.56 Å². The maximum atomic E-state index is 13.1. The topological polar surface area (TPSA) is 22.1 Å². The van der Waals surface area contributed by atoms with Crippen molar-refractivity contribution in [1.82, 2.24) is 4.98 Å². The van der Waals surface area contributed by atoms with Crippen molar-refractivity contribution >= 4 is 15.9 Å². The maximum absolute atomic E-state index is 13.1. The molecule has 20 heavy (non-hydrogen) atoms. The molecule has 0 spiro atoms. The van der Waals surface area contributed by atoms with Crippen LogP contribution in [0.1, 0.15) is 16.7 Å². The van der Waals surface area contributed by atoms with E-state index in [1.807, 2.05) is 6.07 Å². The van der Waals surface area contributed by atoms with Crippen molar-refractivity contribution in [3.8, 4) is 5.88 Å².